The Morgan fingerprint density at radius 2 is 2.10 bits per heavy atom. The van der Waals surface area contributed by atoms with Crippen LogP contribution < -0.4 is 10.2 Å². The van der Waals surface area contributed by atoms with Crippen molar-refractivity contribution in [1.82, 2.24) is 15.5 Å². The topological polar surface area (TPSA) is 58.1 Å². The Labute approximate surface area is 119 Å². The van der Waals surface area contributed by atoms with Gasteiger partial charge < -0.3 is 10.2 Å². The fourth-order valence-corrected chi connectivity index (χ4v) is 3.25. The maximum atomic E-state index is 12.4. The van der Waals surface area contributed by atoms with Crippen molar-refractivity contribution in [2.24, 2.45) is 5.92 Å². The van der Waals surface area contributed by atoms with Gasteiger partial charge in [-0.25, -0.2) is 0 Å². The minimum atomic E-state index is 0.0892. The summed E-state index contributed by atoms with van der Waals surface area (Å²) in [5, 5.41) is 11.3. The first-order chi connectivity index (χ1) is 9.83. The molecule has 2 aliphatic rings. The van der Waals surface area contributed by atoms with Gasteiger partial charge in [-0.15, -0.1) is 5.10 Å². The lowest BCUT2D eigenvalue weighted by atomic mass is 9.96. The molecule has 1 aromatic rings. The largest absolute Gasteiger partial charge is 0.354 e. The average Bonchev–Trinajstić information content (AvgIpc) is 3.01. The van der Waals surface area contributed by atoms with E-state index in [-0.39, 0.29) is 11.8 Å². The van der Waals surface area contributed by atoms with Crippen LogP contribution in [-0.4, -0.2) is 35.2 Å². The van der Waals surface area contributed by atoms with Crippen LogP contribution in [0.15, 0.2) is 18.3 Å². The Bertz CT molecular complexity index is 444. The van der Waals surface area contributed by atoms with Gasteiger partial charge in [-0.1, -0.05) is 12.8 Å². The van der Waals surface area contributed by atoms with Crippen molar-refractivity contribution in [2.45, 2.75) is 44.6 Å². The van der Waals surface area contributed by atoms with Crippen molar-refractivity contribution in [3.05, 3.63) is 18.3 Å². The molecule has 0 spiro atoms. The number of nitrogens with zero attached hydrogens (tertiary/aromatic N) is 3. The monoisotopic (exact) mass is 274 g/mol. The average molecular weight is 274 g/mol. The van der Waals surface area contributed by atoms with Gasteiger partial charge in [-0.05, 0) is 37.8 Å². The van der Waals surface area contributed by atoms with E-state index in [2.05, 4.69) is 20.4 Å². The van der Waals surface area contributed by atoms with Gasteiger partial charge in [0.1, 0.15) is 0 Å². The normalized spacial score (nSPS) is 23.8. The molecule has 1 amide bonds. The summed E-state index contributed by atoms with van der Waals surface area (Å²) in [6, 6.07) is 4.27. The quantitative estimate of drug-likeness (QED) is 0.912. The van der Waals surface area contributed by atoms with E-state index in [4.69, 9.17) is 0 Å². The van der Waals surface area contributed by atoms with Crippen molar-refractivity contribution in [3.63, 3.8) is 0 Å². The summed E-state index contributed by atoms with van der Waals surface area (Å²) >= 11 is 0. The number of hydrogen-bond acceptors (Lipinski definition) is 4. The van der Waals surface area contributed by atoms with Gasteiger partial charge in [0.05, 0.1) is 5.92 Å². The first-order valence-corrected chi connectivity index (χ1v) is 7.66. The van der Waals surface area contributed by atoms with E-state index in [1.807, 2.05) is 12.1 Å². The molecule has 0 bridgehead atoms. The standard InChI is InChI=1S/C15H22N4O/c20-15(17-13-6-1-2-7-13)12-5-4-10-19(11-12)14-8-3-9-16-18-14/h3,8-9,12-13H,1-2,4-7,10-11H2,(H,17,20). The molecule has 0 aromatic carbocycles. The van der Waals surface area contributed by atoms with Crippen molar-refractivity contribution >= 4 is 11.7 Å². The van der Waals surface area contributed by atoms with Gasteiger partial charge in [0.15, 0.2) is 5.82 Å². The van der Waals surface area contributed by atoms with Gasteiger partial charge in [0, 0.05) is 25.3 Å². The first-order valence-electron chi connectivity index (χ1n) is 7.66. The summed E-state index contributed by atoms with van der Waals surface area (Å²) in [6.07, 6.45) is 8.49. The SMILES string of the molecule is O=C(NC1CCCC1)C1CCCN(c2cccnn2)C1. The Morgan fingerprint density at radius 1 is 1.25 bits per heavy atom. The van der Waals surface area contributed by atoms with E-state index in [1.54, 1.807) is 6.20 Å². The second-order valence-corrected chi connectivity index (χ2v) is 5.86. The molecule has 5 heteroatoms. The highest BCUT2D eigenvalue weighted by atomic mass is 16.2. The van der Waals surface area contributed by atoms with Crippen molar-refractivity contribution in [1.29, 1.82) is 0 Å². The molecule has 1 aliphatic heterocycles. The molecule has 3 rings (SSSR count). The smallest absolute Gasteiger partial charge is 0.225 e. The van der Waals surface area contributed by atoms with Crippen LogP contribution in [0.1, 0.15) is 38.5 Å². The Hall–Kier alpha value is -1.65. The summed E-state index contributed by atoms with van der Waals surface area (Å²) < 4.78 is 0. The highest BCUT2D eigenvalue weighted by molar-refractivity contribution is 5.79. The number of anilines is 1. The highest BCUT2D eigenvalue weighted by Gasteiger charge is 2.28. The number of amides is 1. The van der Waals surface area contributed by atoms with Crippen LogP contribution in [0.25, 0.3) is 0 Å². The zero-order valence-electron chi connectivity index (χ0n) is 11.8. The minimum Gasteiger partial charge on any atom is -0.354 e. The number of hydrogen-bond donors (Lipinski definition) is 1. The Kier molecular flexibility index (Phi) is 4.14. The molecule has 20 heavy (non-hydrogen) atoms. The molecule has 5 nitrogen and oxygen atoms in total. The zero-order chi connectivity index (χ0) is 13.8. The molecule has 1 aliphatic carbocycles. The Balaban J connectivity index is 1.58. The molecule has 1 atom stereocenters. The zero-order valence-corrected chi connectivity index (χ0v) is 11.8. The summed E-state index contributed by atoms with van der Waals surface area (Å²) in [4.78, 5) is 14.5. The van der Waals surface area contributed by atoms with Gasteiger partial charge in [0.25, 0.3) is 0 Å². The fourth-order valence-electron chi connectivity index (χ4n) is 3.25. The highest BCUT2D eigenvalue weighted by Crippen LogP contribution is 2.23. The van der Waals surface area contributed by atoms with E-state index in [9.17, 15) is 4.79 Å². The number of aromatic nitrogens is 2. The molecule has 1 saturated carbocycles. The third kappa shape index (κ3) is 3.08. The molecular formula is C15H22N4O. The third-order valence-electron chi connectivity index (χ3n) is 4.38. The predicted molar refractivity (Wildman–Crippen MR) is 77.4 cm³/mol. The molecule has 1 unspecified atom stereocenters. The number of piperidine rings is 1. The van der Waals surface area contributed by atoms with Gasteiger partial charge in [-0.2, -0.15) is 5.10 Å². The molecule has 1 aromatic heterocycles. The van der Waals surface area contributed by atoms with Crippen molar-refractivity contribution in [2.75, 3.05) is 18.0 Å². The van der Waals surface area contributed by atoms with Crippen LogP contribution in [0, 0.1) is 5.92 Å². The molecule has 2 fully saturated rings. The number of carbonyl (C=O) groups excluding carboxylic acids is 1. The third-order valence-corrected chi connectivity index (χ3v) is 4.38. The number of rotatable bonds is 3. The number of nitrogens with one attached hydrogen (secondary N) is 1. The molecule has 1 N–H and O–H groups in total. The summed E-state index contributed by atoms with van der Waals surface area (Å²) in [7, 11) is 0. The van der Waals surface area contributed by atoms with Crippen LogP contribution >= 0.6 is 0 Å². The minimum absolute atomic E-state index is 0.0892. The first kappa shape index (κ1) is 13.3. The second-order valence-electron chi connectivity index (χ2n) is 5.86. The Morgan fingerprint density at radius 3 is 2.85 bits per heavy atom. The fraction of sp³-hybridized carbons (Fsp3) is 0.667. The maximum Gasteiger partial charge on any atom is 0.225 e. The van der Waals surface area contributed by atoms with Crippen LogP contribution in [-0.2, 0) is 4.79 Å². The van der Waals surface area contributed by atoms with Crippen LogP contribution in [0.5, 0.6) is 0 Å². The lowest BCUT2D eigenvalue weighted by Crippen LogP contribution is -2.45. The summed E-state index contributed by atoms with van der Waals surface area (Å²) in [5.41, 5.74) is 0. The van der Waals surface area contributed by atoms with Gasteiger partial charge in [0.2, 0.25) is 5.91 Å². The van der Waals surface area contributed by atoms with Crippen molar-refractivity contribution in [3.8, 4) is 0 Å². The van der Waals surface area contributed by atoms with E-state index < -0.39 is 0 Å². The molecule has 0 radical (unpaired) electrons. The predicted octanol–water partition coefficient (Wildman–Crippen LogP) is 1.75. The van der Waals surface area contributed by atoms with Crippen molar-refractivity contribution < 1.29 is 4.79 Å². The second kappa shape index (κ2) is 6.20. The van der Waals surface area contributed by atoms with Crippen LogP contribution in [0.2, 0.25) is 0 Å². The van der Waals surface area contributed by atoms with Gasteiger partial charge >= 0.3 is 0 Å². The lowest BCUT2D eigenvalue weighted by molar-refractivity contribution is -0.125. The summed E-state index contributed by atoms with van der Waals surface area (Å²) in [5.74, 6) is 1.20. The van der Waals surface area contributed by atoms with Crippen LogP contribution in [0.4, 0.5) is 5.82 Å². The number of carbonyl (C=O) groups is 1. The molecule has 2 heterocycles. The van der Waals surface area contributed by atoms with Crippen LogP contribution in [0.3, 0.4) is 0 Å². The molecular weight excluding hydrogens is 252 g/mol. The maximum absolute atomic E-state index is 12.4. The molecule has 1 saturated heterocycles. The summed E-state index contributed by atoms with van der Waals surface area (Å²) in [6.45, 7) is 1.73. The van der Waals surface area contributed by atoms with E-state index in [1.165, 1.54) is 12.8 Å². The lowest BCUT2D eigenvalue weighted by Gasteiger charge is -2.33. The van der Waals surface area contributed by atoms with E-state index in [0.717, 1.165) is 44.6 Å². The molecule has 108 valence electrons. The van der Waals surface area contributed by atoms with Gasteiger partial charge in [-0.3, -0.25) is 4.79 Å². The van der Waals surface area contributed by atoms with E-state index >= 15 is 0 Å². The van der Waals surface area contributed by atoms with E-state index in [0.29, 0.717) is 6.04 Å².